The van der Waals surface area contributed by atoms with Crippen molar-refractivity contribution >= 4 is 11.8 Å². The molecule has 0 spiro atoms. The SMILES string of the molecule is Cc1noc(C)c1C(=O)N1C[C@@H]2CN[C@H](CCCC(=O)N3CCCC3)[C@H](C2)C1. The van der Waals surface area contributed by atoms with Gasteiger partial charge in [0.1, 0.15) is 11.3 Å². The minimum atomic E-state index is 0.0517. The van der Waals surface area contributed by atoms with Crippen LogP contribution in [0.25, 0.3) is 0 Å². The molecule has 3 aliphatic rings. The first-order valence-corrected chi connectivity index (χ1v) is 10.8. The first kappa shape index (κ1) is 19.4. The molecule has 1 aromatic rings. The molecule has 0 saturated carbocycles. The van der Waals surface area contributed by atoms with E-state index in [0.29, 0.717) is 47.2 Å². The number of rotatable bonds is 5. The van der Waals surface area contributed by atoms with Gasteiger partial charge >= 0.3 is 0 Å². The Kier molecular flexibility index (Phi) is 5.71. The summed E-state index contributed by atoms with van der Waals surface area (Å²) < 4.78 is 5.19. The van der Waals surface area contributed by atoms with E-state index in [9.17, 15) is 9.59 Å². The lowest BCUT2D eigenvalue weighted by atomic mass is 9.78. The smallest absolute Gasteiger partial charge is 0.259 e. The number of likely N-dealkylation sites (tertiary alicyclic amines) is 2. The number of aryl methyl sites for hydroxylation is 2. The average Bonchev–Trinajstić information content (AvgIpc) is 3.33. The monoisotopic (exact) mass is 388 g/mol. The van der Waals surface area contributed by atoms with Crippen molar-refractivity contribution in [2.45, 2.75) is 58.4 Å². The molecule has 0 radical (unpaired) electrons. The van der Waals surface area contributed by atoms with Gasteiger partial charge in [-0.05, 0) is 64.3 Å². The van der Waals surface area contributed by atoms with E-state index in [1.807, 2.05) is 16.7 Å². The predicted octanol–water partition coefficient (Wildman–Crippen LogP) is 2.13. The van der Waals surface area contributed by atoms with Crippen LogP contribution in [0.3, 0.4) is 0 Å². The molecule has 0 aliphatic carbocycles. The van der Waals surface area contributed by atoms with Gasteiger partial charge < -0.3 is 19.6 Å². The lowest BCUT2D eigenvalue weighted by molar-refractivity contribution is -0.130. The fraction of sp³-hybridized carbons (Fsp3) is 0.762. The maximum absolute atomic E-state index is 13.0. The zero-order chi connectivity index (χ0) is 19.7. The summed E-state index contributed by atoms with van der Waals surface area (Å²) in [6, 6.07) is 0.392. The molecule has 7 nitrogen and oxygen atoms in total. The topological polar surface area (TPSA) is 78.7 Å². The highest BCUT2D eigenvalue weighted by atomic mass is 16.5. The van der Waals surface area contributed by atoms with Gasteiger partial charge in [0.25, 0.3) is 5.91 Å². The third kappa shape index (κ3) is 3.95. The van der Waals surface area contributed by atoms with Gasteiger partial charge in [0.15, 0.2) is 0 Å². The summed E-state index contributed by atoms with van der Waals surface area (Å²) in [7, 11) is 0. The second kappa shape index (κ2) is 8.23. The largest absolute Gasteiger partial charge is 0.361 e. The number of piperidine rings is 2. The Morgan fingerprint density at radius 1 is 1.18 bits per heavy atom. The minimum absolute atomic E-state index is 0.0517. The summed E-state index contributed by atoms with van der Waals surface area (Å²) in [5.74, 6) is 1.93. The van der Waals surface area contributed by atoms with Crippen LogP contribution in [0.4, 0.5) is 0 Å². The molecule has 2 bridgehead atoms. The van der Waals surface area contributed by atoms with Gasteiger partial charge in [-0.3, -0.25) is 9.59 Å². The van der Waals surface area contributed by atoms with E-state index >= 15 is 0 Å². The molecular formula is C21H32N4O3. The molecule has 4 heterocycles. The highest BCUT2D eigenvalue weighted by Gasteiger charge is 2.39. The van der Waals surface area contributed by atoms with Gasteiger partial charge in [-0.25, -0.2) is 0 Å². The van der Waals surface area contributed by atoms with Gasteiger partial charge in [0, 0.05) is 38.6 Å². The Labute approximate surface area is 166 Å². The summed E-state index contributed by atoms with van der Waals surface area (Å²) in [5.41, 5.74) is 1.30. The average molecular weight is 389 g/mol. The molecule has 3 saturated heterocycles. The van der Waals surface area contributed by atoms with Crippen molar-refractivity contribution in [1.29, 1.82) is 0 Å². The number of nitrogens with zero attached hydrogens (tertiary/aromatic N) is 3. The van der Waals surface area contributed by atoms with E-state index in [1.54, 1.807) is 6.92 Å². The number of carbonyl (C=O) groups is 2. The van der Waals surface area contributed by atoms with E-state index in [2.05, 4.69) is 10.5 Å². The molecule has 3 aliphatic heterocycles. The summed E-state index contributed by atoms with van der Waals surface area (Å²) in [5, 5.41) is 7.63. The number of fused-ring (bicyclic) bond motifs is 2. The van der Waals surface area contributed by atoms with E-state index in [1.165, 1.54) is 6.42 Å². The first-order chi connectivity index (χ1) is 13.5. The van der Waals surface area contributed by atoms with Crippen LogP contribution < -0.4 is 5.32 Å². The Bertz CT molecular complexity index is 706. The molecule has 28 heavy (non-hydrogen) atoms. The quantitative estimate of drug-likeness (QED) is 0.836. The zero-order valence-corrected chi connectivity index (χ0v) is 17.1. The summed E-state index contributed by atoms with van der Waals surface area (Å²) >= 11 is 0. The molecule has 1 N–H and O–H groups in total. The Morgan fingerprint density at radius 3 is 2.68 bits per heavy atom. The number of amides is 2. The van der Waals surface area contributed by atoms with Crippen LogP contribution in [-0.4, -0.2) is 65.5 Å². The minimum Gasteiger partial charge on any atom is -0.361 e. The molecule has 2 amide bonds. The van der Waals surface area contributed by atoms with Crippen molar-refractivity contribution in [1.82, 2.24) is 20.3 Å². The number of hydrogen-bond acceptors (Lipinski definition) is 5. The highest BCUT2D eigenvalue weighted by Crippen LogP contribution is 2.32. The summed E-state index contributed by atoms with van der Waals surface area (Å²) in [4.78, 5) is 29.3. The molecule has 0 unspecified atom stereocenters. The van der Waals surface area contributed by atoms with E-state index in [-0.39, 0.29) is 5.91 Å². The van der Waals surface area contributed by atoms with E-state index in [4.69, 9.17) is 4.52 Å². The number of carbonyl (C=O) groups excluding carboxylic acids is 2. The number of aromatic nitrogens is 1. The highest BCUT2D eigenvalue weighted by molar-refractivity contribution is 5.96. The molecule has 0 aromatic carbocycles. The molecule has 4 rings (SSSR count). The lowest BCUT2D eigenvalue weighted by Gasteiger charge is -2.46. The zero-order valence-electron chi connectivity index (χ0n) is 17.1. The molecule has 3 atom stereocenters. The van der Waals surface area contributed by atoms with Crippen LogP contribution in [0.15, 0.2) is 4.52 Å². The molecule has 3 fully saturated rings. The Balaban J connectivity index is 1.32. The van der Waals surface area contributed by atoms with Crippen molar-refractivity contribution in [2.24, 2.45) is 11.8 Å². The predicted molar refractivity (Wildman–Crippen MR) is 105 cm³/mol. The van der Waals surface area contributed by atoms with Gasteiger partial charge in [-0.1, -0.05) is 5.16 Å². The van der Waals surface area contributed by atoms with Gasteiger partial charge in [0.05, 0.1) is 5.69 Å². The van der Waals surface area contributed by atoms with E-state index in [0.717, 1.165) is 58.4 Å². The van der Waals surface area contributed by atoms with Crippen molar-refractivity contribution < 1.29 is 14.1 Å². The van der Waals surface area contributed by atoms with Gasteiger partial charge in [-0.2, -0.15) is 0 Å². The Hall–Kier alpha value is -1.89. The number of nitrogens with one attached hydrogen (secondary N) is 1. The second-order valence-corrected chi connectivity index (χ2v) is 8.77. The molecule has 154 valence electrons. The second-order valence-electron chi connectivity index (χ2n) is 8.77. The Morgan fingerprint density at radius 2 is 1.96 bits per heavy atom. The van der Waals surface area contributed by atoms with Crippen molar-refractivity contribution in [2.75, 3.05) is 32.7 Å². The molecule has 7 heteroatoms. The molecule has 1 aromatic heterocycles. The van der Waals surface area contributed by atoms with Crippen LogP contribution in [0.1, 0.15) is 60.3 Å². The maximum Gasteiger partial charge on any atom is 0.259 e. The third-order valence-electron chi connectivity index (χ3n) is 6.71. The van der Waals surface area contributed by atoms with Crippen LogP contribution in [-0.2, 0) is 4.79 Å². The van der Waals surface area contributed by atoms with Crippen LogP contribution >= 0.6 is 0 Å². The van der Waals surface area contributed by atoms with Crippen molar-refractivity contribution in [3.05, 3.63) is 17.0 Å². The fourth-order valence-electron chi connectivity index (χ4n) is 5.22. The van der Waals surface area contributed by atoms with Crippen molar-refractivity contribution in [3.8, 4) is 0 Å². The summed E-state index contributed by atoms with van der Waals surface area (Å²) in [6.45, 7) is 8.03. The van der Waals surface area contributed by atoms with Gasteiger partial charge in [-0.15, -0.1) is 0 Å². The van der Waals surface area contributed by atoms with Crippen LogP contribution in [0.2, 0.25) is 0 Å². The van der Waals surface area contributed by atoms with Crippen LogP contribution in [0.5, 0.6) is 0 Å². The molecular weight excluding hydrogens is 356 g/mol. The maximum atomic E-state index is 13.0. The number of hydrogen-bond donors (Lipinski definition) is 1. The first-order valence-electron chi connectivity index (χ1n) is 10.8. The third-order valence-corrected chi connectivity index (χ3v) is 6.71. The normalized spacial score (nSPS) is 27.3. The summed E-state index contributed by atoms with van der Waals surface area (Å²) in [6.07, 6.45) is 6.04. The van der Waals surface area contributed by atoms with E-state index < -0.39 is 0 Å². The lowest BCUT2D eigenvalue weighted by Crippen LogP contribution is -2.57. The van der Waals surface area contributed by atoms with Gasteiger partial charge in [0.2, 0.25) is 5.91 Å². The standard InChI is InChI=1S/C21H32N4O3/c1-14-20(15(2)28-23-14)21(27)25-12-16-10-17(13-25)18(22-11-16)6-5-7-19(26)24-8-3-4-9-24/h16-18,22H,3-13H2,1-2H3/t16-,17+,18+/m0/s1. The fourth-order valence-corrected chi connectivity index (χ4v) is 5.22. The van der Waals surface area contributed by atoms with Crippen molar-refractivity contribution in [3.63, 3.8) is 0 Å². The van der Waals surface area contributed by atoms with Crippen LogP contribution in [0, 0.1) is 25.7 Å².